The second kappa shape index (κ2) is 2.68. The quantitative estimate of drug-likeness (QED) is 0.710. The molecule has 1 heterocycles. The van der Waals surface area contributed by atoms with Crippen molar-refractivity contribution in [3.63, 3.8) is 0 Å². The molecule has 3 rings (SSSR count). The molecule has 0 bridgehead atoms. The molecule has 0 aromatic heterocycles. The van der Waals surface area contributed by atoms with Crippen LogP contribution in [0.5, 0.6) is 0 Å². The third-order valence-electron chi connectivity index (χ3n) is 2.73. The molecule has 1 saturated carbocycles. The van der Waals surface area contributed by atoms with Gasteiger partial charge in [-0.1, -0.05) is 22.0 Å². The fourth-order valence-electron chi connectivity index (χ4n) is 1.89. The fraction of sp³-hybridized carbons (Fsp3) is 0.364. The standard InChI is InChI=1S/C11H10BrN/c12-9-4-3-8-6-13-11(7-1-2-7)10(8)5-9/h3-5,7H,1-2,6H2. The van der Waals surface area contributed by atoms with Crippen molar-refractivity contribution in [1.29, 1.82) is 0 Å². The van der Waals surface area contributed by atoms with Gasteiger partial charge in [0.1, 0.15) is 0 Å². The molecule has 0 unspecified atom stereocenters. The maximum absolute atomic E-state index is 4.60. The molecular formula is C11H10BrN. The lowest BCUT2D eigenvalue weighted by atomic mass is 10.0. The van der Waals surface area contributed by atoms with E-state index in [-0.39, 0.29) is 0 Å². The average Bonchev–Trinajstić information content (AvgIpc) is 2.87. The second-order valence-electron chi connectivity index (χ2n) is 3.78. The van der Waals surface area contributed by atoms with Crippen LogP contribution in [-0.2, 0) is 6.54 Å². The lowest BCUT2D eigenvalue weighted by molar-refractivity contribution is 1.09. The van der Waals surface area contributed by atoms with E-state index >= 15 is 0 Å². The van der Waals surface area contributed by atoms with Gasteiger partial charge >= 0.3 is 0 Å². The molecule has 2 aliphatic rings. The molecule has 2 heteroatoms. The SMILES string of the molecule is Brc1ccc2c(c1)C(C1CC1)=NC2. The summed E-state index contributed by atoms with van der Waals surface area (Å²) in [5.41, 5.74) is 4.14. The minimum atomic E-state index is 0.774. The Morgan fingerprint density at radius 2 is 2.15 bits per heavy atom. The van der Waals surface area contributed by atoms with Crippen LogP contribution in [0.4, 0.5) is 0 Å². The van der Waals surface area contributed by atoms with Crippen LogP contribution >= 0.6 is 15.9 Å². The van der Waals surface area contributed by atoms with Crippen LogP contribution in [0.25, 0.3) is 0 Å². The molecule has 1 aromatic carbocycles. The second-order valence-corrected chi connectivity index (χ2v) is 4.69. The number of halogens is 1. The van der Waals surface area contributed by atoms with Crippen LogP contribution in [0.2, 0.25) is 0 Å². The summed E-state index contributed by atoms with van der Waals surface area (Å²) in [4.78, 5) is 4.60. The molecule has 66 valence electrons. The van der Waals surface area contributed by atoms with E-state index in [4.69, 9.17) is 0 Å². The lowest BCUT2D eigenvalue weighted by Gasteiger charge is -2.01. The number of rotatable bonds is 1. The van der Waals surface area contributed by atoms with Gasteiger partial charge in [-0.05, 0) is 30.5 Å². The normalized spacial score (nSPS) is 19.9. The number of hydrogen-bond donors (Lipinski definition) is 0. The van der Waals surface area contributed by atoms with Crippen molar-refractivity contribution in [3.05, 3.63) is 33.8 Å². The van der Waals surface area contributed by atoms with Crippen LogP contribution in [0.3, 0.4) is 0 Å². The smallest absolute Gasteiger partial charge is 0.0649 e. The van der Waals surface area contributed by atoms with Gasteiger partial charge in [0, 0.05) is 21.7 Å². The summed E-state index contributed by atoms with van der Waals surface area (Å²) in [5, 5.41) is 0. The van der Waals surface area contributed by atoms with Crippen LogP contribution in [-0.4, -0.2) is 5.71 Å². The molecule has 1 aromatic rings. The van der Waals surface area contributed by atoms with Crippen molar-refractivity contribution < 1.29 is 0 Å². The number of hydrogen-bond acceptors (Lipinski definition) is 1. The first-order chi connectivity index (χ1) is 6.34. The third-order valence-corrected chi connectivity index (χ3v) is 3.22. The summed E-state index contributed by atoms with van der Waals surface area (Å²) in [6.45, 7) is 0.897. The molecule has 0 N–H and O–H groups in total. The number of benzene rings is 1. The van der Waals surface area contributed by atoms with E-state index in [0.29, 0.717) is 0 Å². The van der Waals surface area contributed by atoms with E-state index in [1.807, 2.05) is 0 Å². The van der Waals surface area contributed by atoms with Gasteiger partial charge in [-0.15, -0.1) is 0 Å². The Bertz CT molecular complexity index is 391. The van der Waals surface area contributed by atoms with Gasteiger partial charge in [-0.2, -0.15) is 0 Å². The Kier molecular flexibility index (Phi) is 1.59. The number of nitrogens with zero attached hydrogens (tertiary/aromatic N) is 1. The summed E-state index contributed by atoms with van der Waals surface area (Å²) in [6, 6.07) is 6.49. The topological polar surface area (TPSA) is 12.4 Å². The fourth-order valence-corrected chi connectivity index (χ4v) is 2.25. The van der Waals surface area contributed by atoms with E-state index in [1.54, 1.807) is 0 Å². The zero-order valence-electron chi connectivity index (χ0n) is 7.26. The van der Waals surface area contributed by atoms with E-state index in [2.05, 4.69) is 39.1 Å². The highest BCUT2D eigenvalue weighted by Crippen LogP contribution is 2.37. The van der Waals surface area contributed by atoms with Crippen molar-refractivity contribution in [1.82, 2.24) is 0 Å². The van der Waals surface area contributed by atoms with Gasteiger partial charge in [0.05, 0.1) is 6.54 Å². The molecule has 0 radical (unpaired) electrons. The molecule has 1 fully saturated rings. The molecule has 0 amide bonds. The summed E-state index contributed by atoms with van der Waals surface area (Å²) >= 11 is 3.51. The van der Waals surface area contributed by atoms with E-state index < -0.39 is 0 Å². The molecular weight excluding hydrogens is 226 g/mol. The van der Waals surface area contributed by atoms with Crippen molar-refractivity contribution in [2.45, 2.75) is 19.4 Å². The Labute approximate surface area is 86.0 Å². The van der Waals surface area contributed by atoms with Crippen molar-refractivity contribution in [2.24, 2.45) is 10.9 Å². The van der Waals surface area contributed by atoms with Crippen LogP contribution < -0.4 is 0 Å². The Morgan fingerprint density at radius 3 is 2.92 bits per heavy atom. The van der Waals surface area contributed by atoms with E-state index in [1.165, 1.54) is 34.2 Å². The zero-order valence-corrected chi connectivity index (χ0v) is 8.84. The highest BCUT2D eigenvalue weighted by Gasteiger charge is 2.31. The summed E-state index contributed by atoms with van der Waals surface area (Å²) in [7, 11) is 0. The van der Waals surface area contributed by atoms with Gasteiger partial charge in [-0.3, -0.25) is 4.99 Å². The first-order valence-corrected chi connectivity index (χ1v) is 5.47. The molecule has 0 atom stereocenters. The Hall–Kier alpha value is -0.630. The Morgan fingerprint density at radius 1 is 1.31 bits per heavy atom. The predicted octanol–water partition coefficient (Wildman–Crippen LogP) is 3.16. The Balaban J connectivity index is 2.09. The lowest BCUT2D eigenvalue weighted by Crippen LogP contribution is -2.00. The molecule has 13 heavy (non-hydrogen) atoms. The molecule has 0 spiro atoms. The van der Waals surface area contributed by atoms with Gasteiger partial charge in [0.25, 0.3) is 0 Å². The highest BCUT2D eigenvalue weighted by molar-refractivity contribution is 9.10. The molecule has 1 aliphatic heterocycles. The summed E-state index contributed by atoms with van der Waals surface area (Å²) < 4.78 is 1.17. The maximum Gasteiger partial charge on any atom is 0.0649 e. The first kappa shape index (κ1) is 7.74. The number of aliphatic imine (C=N–C) groups is 1. The summed E-state index contributed by atoms with van der Waals surface area (Å²) in [5.74, 6) is 0.774. The monoisotopic (exact) mass is 235 g/mol. The number of fused-ring (bicyclic) bond motifs is 1. The zero-order chi connectivity index (χ0) is 8.84. The van der Waals surface area contributed by atoms with Crippen molar-refractivity contribution >= 4 is 21.6 Å². The van der Waals surface area contributed by atoms with Gasteiger partial charge in [0.2, 0.25) is 0 Å². The largest absolute Gasteiger partial charge is 0.284 e. The average molecular weight is 236 g/mol. The predicted molar refractivity (Wildman–Crippen MR) is 57.1 cm³/mol. The first-order valence-electron chi connectivity index (χ1n) is 4.68. The minimum absolute atomic E-state index is 0.774. The van der Waals surface area contributed by atoms with Crippen molar-refractivity contribution in [3.8, 4) is 0 Å². The van der Waals surface area contributed by atoms with E-state index in [9.17, 15) is 0 Å². The van der Waals surface area contributed by atoms with E-state index in [0.717, 1.165) is 12.5 Å². The molecule has 1 nitrogen and oxygen atoms in total. The minimum Gasteiger partial charge on any atom is -0.284 e. The van der Waals surface area contributed by atoms with Crippen molar-refractivity contribution in [2.75, 3.05) is 0 Å². The van der Waals surface area contributed by atoms with Gasteiger partial charge < -0.3 is 0 Å². The van der Waals surface area contributed by atoms with Gasteiger partial charge in [-0.25, -0.2) is 0 Å². The van der Waals surface area contributed by atoms with Gasteiger partial charge in [0.15, 0.2) is 0 Å². The molecule has 0 saturated heterocycles. The van der Waals surface area contributed by atoms with Crippen LogP contribution in [0.1, 0.15) is 24.0 Å². The van der Waals surface area contributed by atoms with Crippen LogP contribution in [0.15, 0.2) is 27.7 Å². The molecule has 1 aliphatic carbocycles. The third kappa shape index (κ3) is 1.24. The highest BCUT2D eigenvalue weighted by atomic mass is 79.9. The summed E-state index contributed by atoms with van der Waals surface area (Å²) in [6.07, 6.45) is 2.68. The van der Waals surface area contributed by atoms with Crippen LogP contribution in [0, 0.1) is 5.92 Å². The maximum atomic E-state index is 4.60.